The van der Waals surface area contributed by atoms with Crippen LogP contribution in [0.25, 0.3) is 10.9 Å². The largest absolute Gasteiger partial charge is 0.496 e. The van der Waals surface area contributed by atoms with Crippen LogP contribution in [0, 0.1) is 0 Å². The number of rotatable bonds is 16. The molecular weight excluding hydrogens is 616 g/mol. The van der Waals surface area contributed by atoms with E-state index in [2.05, 4.69) is 31.2 Å². The number of para-hydroxylation sites is 1. The minimum atomic E-state index is -1.03. The number of nitrogens with one attached hydrogen (secondary N) is 5. The van der Waals surface area contributed by atoms with Gasteiger partial charge in [-0.3, -0.25) is 24.2 Å². The monoisotopic (exact) mass is 656 g/mol. The molecule has 0 radical (unpaired) electrons. The number of nitrogens with two attached hydrogens (primary N) is 2. The van der Waals surface area contributed by atoms with Crippen molar-refractivity contribution in [2.45, 2.75) is 38.3 Å². The first kappa shape index (κ1) is 34.8. The lowest BCUT2D eigenvalue weighted by Gasteiger charge is -2.20. The van der Waals surface area contributed by atoms with E-state index in [4.69, 9.17) is 20.9 Å². The van der Waals surface area contributed by atoms with Gasteiger partial charge in [-0.2, -0.15) is 0 Å². The number of guanidine groups is 1. The molecule has 0 aliphatic rings. The lowest BCUT2D eigenvalue weighted by molar-refractivity contribution is -0.118. The van der Waals surface area contributed by atoms with E-state index in [1.165, 1.54) is 32.4 Å². The van der Waals surface area contributed by atoms with Crippen molar-refractivity contribution in [2.75, 3.05) is 31.4 Å². The molecule has 0 aliphatic heterocycles. The number of hydrogen-bond donors (Lipinski definition) is 7. The van der Waals surface area contributed by atoms with Crippen LogP contribution in [0.4, 0.5) is 11.4 Å². The molecule has 3 aromatic carbocycles. The van der Waals surface area contributed by atoms with E-state index < -0.39 is 17.9 Å². The molecule has 0 bridgehead atoms. The van der Waals surface area contributed by atoms with Gasteiger partial charge >= 0.3 is 0 Å². The summed E-state index contributed by atoms with van der Waals surface area (Å²) in [6.07, 6.45) is 3.56. The van der Waals surface area contributed by atoms with Crippen LogP contribution in [0.5, 0.6) is 11.5 Å². The zero-order valence-electron chi connectivity index (χ0n) is 27.0. The Morgan fingerprint density at radius 3 is 2.23 bits per heavy atom. The zero-order chi connectivity index (χ0) is 34.6. The van der Waals surface area contributed by atoms with Crippen LogP contribution in [0.3, 0.4) is 0 Å². The number of carbonyl (C=O) groups is 4. The van der Waals surface area contributed by atoms with Crippen molar-refractivity contribution in [3.05, 3.63) is 83.6 Å². The molecule has 0 fully saturated rings. The van der Waals surface area contributed by atoms with Gasteiger partial charge in [-0.05, 0) is 74.2 Å². The first-order valence-electron chi connectivity index (χ1n) is 15.2. The van der Waals surface area contributed by atoms with Crippen LogP contribution in [0.2, 0.25) is 0 Å². The topological polar surface area (TPSA) is 215 Å². The normalized spacial score (nSPS) is 11.9. The first-order valence-corrected chi connectivity index (χ1v) is 15.2. The third kappa shape index (κ3) is 9.02. The van der Waals surface area contributed by atoms with Crippen molar-refractivity contribution in [1.82, 2.24) is 15.6 Å². The van der Waals surface area contributed by atoms with Crippen LogP contribution in [0.15, 0.2) is 71.9 Å². The summed E-state index contributed by atoms with van der Waals surface area (Å²) in [5, 5.41) is 12.1. The minimum absolute atomic E-state index is 0.0935. The molecule has 2 atom stereocenters. The van der Waals surface area contributed by atoms with Crippen molar-refractivity contribution < 1.29 is 28.7 Å². The third-order valence-electron chi connectivity index (χ3n) is 7.53. The van der Waals surface area contributed by atoms with Crippen LogP contribution in [0.1, 0.15) is 46.0 Å². The van der Waals surface area contributed by atoms with E-state index in [9.17, 15) is 19.2 Å². The number of carbonyl (C=O) groups excluding carboxylic acids is 4. The number of aromatic amines is 1. The average Bonchev–Trinajstić information content (AvgIpc) is 3.48. The molecule has 1 aromatic heterocycles. The Bertz CT molecular complexity index is 1800. The standard InChI is InChI=1S/C34H40N8O6/c1-20(15-21-18-38-27-8-5-4-7-24(21)27)40-31(44)26-17-23(11-13-30(26)48-3)41-33(46)28(9-6-14-37-34(35)36)42-32(45)25-16-22(39-19-43)10-12-29(25)47-2/h4-5,7-8,10-13,16-20,28,38H,6,9,14-15H2,1-3H3,(H,39,43)(H,40,44)(H,41,46)(H,42,45)(H4,35,36,37). The van der Waals surface area contributed by atoms with Crippen LogP contribution < -0.4 is 42.2 Å². The van der Waals surface area contributed by atoms with Crippen LogP contribution in [-0.2, 0) is 16.0 Å². The van der Waals surface area contributed by atoms with Crippen molar-refractivity contribution >= 4 is 52.4 Å². The van der Waals surface area contributed by atoms with Crippen LogP contribution in [-0.4, -0.2) is 67.9 Å². The number of aromatic nitrogens is 1. The molecule has 0 saturated heterocycles. The summed E-state index contributed by atoms with van der Waals surface area (Å²) >= 11 is 0. The molecular formula is C34H40N8O6. The number of H-pyrrole nitrogens is 1. The molecule has 0 saturated carbocycles. The van der Waals surface area contributed by atoms with Gasteiger partial charge in [0.1, 0.15) is 17.5 Å². The fourth-order valence-corrected chi connectivity index (χ4v) is 5.23. The van der Waals surface area contributed by atoms with Gasteiger partial charge in [0.2, 0.25) is 12.3 Å². The molecule has 1 heterocycles. The highest BCUT2D eigenvalue weighted by molar-refractivity contribution is 6.04. The number of benzene rings is 3. The minimum Gasteiger partial charge on any atom is -0.496 e. The Balaban J connectivity index is 1.51. The summed E-state index contributed by atoms with van der Waals surface area (Å²) < 4.78 is 10.8. The first-order chi connectivity index (χ1) is 23.1. The number of hydrogen-bond acceptors (Lipinski definition) is 7. The molecule has 0 spiro atoms. The van der Waals surface area contributed by atoms with Crippen molar-refractivity contribution in [3.8, 4) is 11.5 Å². The van der Waals surface area contributed by atoms with Gasteiger partial charge in [-0.1, -0.05) is 18.2 Å². The van der Waals surface area contributed by atoms with Crippen molar-refractivity contribution in [2.24, 2.45) is 16.5 Å². The Hall–Kier alpha value is -6.05. The van der Waals surface area contributed by atoms with Gasteiger partial charge < -0.3 is 47.2 Å². The number of amides is 4. The Morgan fingerprint density at radius 2 is 1.56 bits per heavy atom. The summed E-state index contributed by atoms with van der Waals surface area (Å²) in [5.74, 6) is -1.06. The lowest BCUT2D eigenvalue weighted by Crippen LogP contribution is -2.44. The third-order valence-corrected chi connectivity index (χ3v) is 7.53. The second kappa shape index (κ2) is 16.5. The van der Waals surface area contributed by atoms with Crippen molar-refractivity contribution in [3.63, 3.8) is 0 Å². The lowest BCUT2D eigenvalue weighted by atomic mass is 10.1. The molecule has 0 aliphatic carbocycles. The molecule has 2 unspecified atom stereocenters. The number of nitrogens with zero attached hydrogens (tertiary/aromatic N) is 1. The maximum atomic E-state index is 13.6. The van der Waals surface area contributed by atoms with Gasteiger partial charge in [-0.15, -0.1) is 0 Å². The summed E-state index contributed by atoms with van der Waals surface area (Å²) in [6, 6.07) is 15.9. The van der Waals surface area contributed by atoms with E-state index in [-0.39, 0.29) is 47.8 Å². The Labute approximate surface area is 277 Å². The fourth-order valence-electron chi connectivity index (χ4n) is 5.23. The number of aliphatic imine (C=N–C) groups is 1. The highest BCUT2D eigenvalue weighted by Gasteiger charge is 2.24. The van der Waals surface area contributed by atoms with Gasteiger partial charge in [0, 0.05) is 41.1 Å². The summed E-state index contributed by atoms with van der Waals surface area (Å²) in [7, 11) is 2.86. The molecule has 9 N–H and O–H groups in total. The second-order valence-electron chi connectivity index (χ2n) is 11.0. The van der Waals surface area contributed by atoms with E-state index in [0.717, 1.165) is 16.5 Å². The Morgan fingerprint density at radius 1 is 0.917 bits per heavy atom. The maximum absolute atomic E-state index is 13.6. The molecule has 4 rings (SSSR count). The number of ether oxygens (including phenoxy) is 2. The number of fused-ring (bicyclic) bond motifs is 1. The molecule has 252 valence electrons. The number of anilines is 2. The maximum Gasteiger partial charge on any atom is 0.255 e. The fraction of sp³-hybridized carbons (Fsp3) is 0.265. The summed E-state index contributed by atoms with van der Waals surface area (Å²) in [4.78, 5) is 58.6. The van der Waals surface area contributed by atoms with Crippen LogP contribution >= 0.6 is 0 Å². The predicted molar refractivity (Wildman–Crippen MR) is 184 cm³/mol. The van der Waals surface area contributed by atoms with E-state index in [1.54, 1.807) is 18.2 Å². The van der Waals surface area contributed by atoms with Gasteiger partial charge in [0.15, 0.2) is 5.96 Å². The smallest absolute Gasteiger partial charge is 0.255 e. The van der Waals surface area contributed by atoms with Gasteiger partial charge in [0.25, 0.3) is 11.8 Å². The van der Waals surface area contributed by atoms with Gasteiger partial charge in [0.05, 0.1) is 25.3 Å². The SMILES string of the molecule is COc1ccc(NC(=O)C(CCCN=C(N)N)NC(=O)c2cc(NC=O)ccc2OC)cc1C(=O)NC(C)Cc1c[nH]c2ccccc12. The highest BCUT2D eigenvalue weighted by atomic mass is 16.5. The summed E-state index contributed by atoms with van der Waals surface area (Å²) in [5.41, 5.74) is 14.0. The molecule has 14 heteroatoms. The summed E-state index contributed by atoms with van der Waals surface area (Å²) in [6.45, 7) is 2.14. The van der Waals surface area contributed by atoms with E-state index in [1.807, 2.05) is 37.4 Å². The van der Waals surface area contributed by atoms with Gasteiger partial charge in [-0.25, -0.2) is 0 Å². The highest BCUT2D eigenvalue weighted by Crippen LogP contribution is 2.25. The Kier molecular flexibility index (Phi) is 12.0. The average molecular weight is 657 g/mol. The predicted octanol–water partition coefficient (Wildman–Crippen LogP) is 2.91. The molecule has 14 nitrogen and oxygen atoms in total. The molecule has 4 aromatic rings. The quantitative estimate of drug-likeness (QED) is 0.0411. The zero-order valence-corrected chi connectivity index (χ0v) is 27.0. The van der Waals surface area contributed by atoms with E-state index in [0.29, 0.717) is 36.4 Å². The number of methoxy groups -OCH3 is 2. The van der Waals surface area contributed by atoms with E-state index >= 15 is 0 Å². The van der Waals surface area contributed by atoms with Crippen molar-refractivity contribution in [1.29, 1.82) is 0 Å². The molecule has 48 heavy (non-hydrogen) atoms. The second-order valence-corrected chi connectivity index (χ2v) is 11.0. The molecule has 4 amide bonds.